The van der Waals surface area contributed by atoms with E-state index in [1.54, 1.807) is 12.1 Å². The van der Waals surface area contributed by atoms with Gasteiger partial charge in [-0.25, -0.2) is 9.97 Å². The molecule has 0 radical (unpaired) electrons. The van der Waals surface area contributed by atoms with Crippen molar-refractivity contribution in [2.24, 2.45) is 0 Å². The van der Waals surface area contributed by atoms with Gasteiger partial charge in [-0.15, -0.1) is 0 Å². The first-order valence-electron chi connectivity index (χ1n) is 9.19. The maximum Gasteiger partial charge on any atom is 0.251 e. The standard InChI is InChI=1S/C20H27N5O2/c1-12-13(2)22-20(25(3)4)24-18(12)14-5-7-15(8-6-14)19(27)23-16-9-10-21-11-17(16)26/h5-8,16-17,21,26H,9-11H2,1-4H3,(H,23,27)/t16-,17-/m1/s1. The van der Waals surface area contributed by atoms with Gasteiger partial charge in [0.25, 0.3) is 5.91 Å². The number of aliphatic hydroxyl groups excluding tert-OH is 1. The smallest absolute Gasteiger partial charge is 0.251 e. The van der Waals surface area contributed by atoms with Crippen LogP contribution in [0, 0.1) is 13.8 Å². The minimum atomic E-state index is -0.557. The number of carbonyl (C=O) groups excluding carboxylic acids is 1. The molecule has 1 amide bonds. The number of benzene rings is 1. The number of anilines is 1. The summed E-state index contributed by atoms with van der Waals surface area (Å²) < 4.78 is 0. The molecule has 3 N–H and O–H groups in total. The zero-order valence-electron chi connectivity index (χ0n) is 16.3. The Morgan fingerprint density at radius 2 is 1.93 bits per heavy atom. The van der Waals surface area contributed by atoms with Gasteiger partial charge in [-0.1, -0.05) is 12.1 Å². The van der Waals surface area contributed by atoms with E-state index in [1.807, 2.05) is 45.0 Å². The predicted molar refractivity (Wildman–Crippen MR) is 106 cm³/mol. The van der Waals surface area contributed by atoms with Crippen molar-refractivity contribution in [1.29, 1.82) is 0 Å². The number of amides is 1. The molecule has 2 heterocycles. The fraction of sp³-hybridized carbons (Fsp3) is 0.450. The molecule has 0 aliphatic carbocycles. The fourth-order valence-electron chi connectivity index (χ4n) is 3.14. The highest BCUT2D eigenvalue weighted by Crippen LogP contribution is 2.25. The highest BCUT2D eigenvalue weighted by atomic mass is 16.3. The molecule has 144 valence electrons. The summed E-state index contributed by atoms with van der Waals surface area (Å²) in [6.07, 6.45) is 0.163. The Morgan fingerprint density at radius 3 is 2.56 bits per heavy atom. The Kier molecular flexibility index (Phi) is 5.72. The monoisotopic (exact) mass is 369 g/mol. The molecule has 2 atom stereocenters. The van der Waals surface area contributed by atoms with E-state index in [0.29, 0.717) is 18.1 Å². The normalized spacial score (nSPS) is 19.6. The lowest BCUT2D eigenvalue weighted by atomic mass is 10.0. The first-order valence-corrected chi connectivity index (χ1v) is 9.19. The van der Waals surface area contributed by atoms with Crippen LogP contribution < -0.4 is 15.5 Å². The number of nitrogens with zero attached hydrogens (tertiary/aromatic N) is 3. The van der Waals surface area contributed by atoms with Crippen LogP contribution in [0.5, 0.6) is 0 Å². The summed E-state index contributed by atoms with van der Waals surface area (Å²) in [7, 11) is 3.83. The maximum absolute atomic E-state index is 12.5. The molecule has 27 heavy (non-hydrogen) atoms. The third kappa shape index (κ3) is 4.26. The molecule has 1 aliphatic heterocycles. The maximum atomic E-state index is 12.5. The van der Waals surface area contributed by atoms with Crippen molar-refractivity contribution < 1.29 is 9.90 Å². The number of aromatic nitrogens is 2. The van der Waals surface area contributed by atoms with Crippen LogP contribution in [0.25, 0.3) is 11.3 Å². The Labute approximate surface area is 159 Å². The number of hydrogen-bond donors (Lipinski definition) is 3. The second-order valence-corrected chi connectivity index (χ2v) is 7.19. The van der Waals surface area contributed by atoms with Gasteiger partial charge in [-0.05, 0) is 44.5 Å². The summed E-state index contributed by atoms with van der Waals surface area (Å²) in [6, 6.07) is 7.19. The lowest BCUT2D eigenvalue weighted by Gasteiger charge is -2.29. The first kappa shape index (κ1) is 19.3. The van der Waals surface area contributed by atoms with Crippen molar-refractivity contribution in [3.8, 4) is 11.3 Å². The van der Waals surface area contributed by atoms with E-state index in [2.05, 4.69) is 20.6 Å². The second-order valence-electron chi connectivity index (χ2n) is 7.19. The summed E-state index contributed by atoms with van der Waals surface area (Å²) in [5, 5.41) is 16.0. The number of aryl methyl sites for hydroxylation is 1. The van der Waals surface area contributed by atoms with E-state index in [0.717, 1.165) is 35.5 Å². The zero-order valence-corrected chi connectivity index (χ0v) is 16.3. The number of rotatable bonds is 4. The largest absolute Gasteiger partial charge is 0.390 e. The van der Waals surface area contributed by atoms with Crippen LogP contribution in [0.1, 0.15) is 28.0 Å². The summed E-state index contributed by atoms with van der Waals surface area (Å²) in [5.41, 5.74) is 4.34. The van der Waals surface area contributed by atoms with Crippen LogP contribution >= 0.6 is 0 Å². The summed E-state index contributed by atoms with van der Waals surface area (Å²) >= 11 is 0. The number of nitrogens with one attached hydrogen (secondary N) is 2. The van der Waals surface area contributed by atoms with E-state index < -0.39 is 6.10 Å². The van der Waals surface area contributed by atoms with Gasteiger partial charge in [-0.2, -0.15) is 0 Å². The third-order valence-electron chi connectivity index (χ3n) is 4.96. The molecule has 7 nitrogen and oxygen atoms in total. The van der Waals surface area contributed by atoms with Gasteiger partial charge < -0.3 is 20.6 Å². The van der Waals surface area contributed by atoms with Gasteiger partial charge in [0.15, 0.2) is 0 Å². The average molecular weight is 369 g/mol. The molecule has 0 saturated carbocycles. The molecule has 7 heteroatoms. The Hall–Kier alpha value is -2.51. The van der Waals surface area contributed by atoms with Crippen molar-refractivity contribution in [2.75, 3.05) is 32.1 Å². The summed E-state index contributed by atoms with van der Waals surface area (Å²) in [6.45, 7) is 5.27. The predicted octanol–water partition coefficient (Wildman–Crippen LogP) is 1.28. The van der Waals surface area contributed by atoms with E-state index >= 15 is 0 Å². The summed E-state index contributed by atoms with van der Waals surface area (Å²) in [5.74, 6) is 0.492. The van der Waals surface area contributed by atoms with E-state index in [1.165, 1.54) is 0 Å². The molecule has 0 spiro atoms. The molecule has 1 saturated heterocycles. The lowest BCUT2D eigenvalue weighted by Crippen LogP contribution is -2.52. The molecule has 1 aromatic carbocycles. The van der Waals surface area contributed by atoms with Gasteiger partial charge in [0.2, 0.25) is 5.95 Å². The van der Waals surface area contributed by atoms with Gasteiger partial charge in [-0.3, -0.25) is 4.79 Å². The molecule has 0 unspecified atom stereocenters. The van der Waals surface area contributed by atoms with Crippen molar-refractivity contribution in [2.45, 2.75) is 32.4 Å². The second kappa shape index (κ2) is 8.02. The molecule has 1 aliphatic rings. The van der Waals surface area contributed by atoms with Crippen LogP contribution in [0.4, 0.5) is 5.95 Å². The molecule has 1 fully saturated rings. The van der Waals surface area contributed by atoms with Crippen molar-refractivity contribution in [3.63, 3.8) is 0 Å². The van der Waals surface area contributed by atoms with Crippen LogP contribution in [0.15, 0.2) is 24.3 Å². The van der Waals surface area contributed by atoms with Gasteiger partial charge in [0, 0.05) is 37.5 Å². The Bertz CT molecular complexity index is 820. The minimum Gasteiger partial charge on any atom is -0.390 e. The van der Waals surface area contributed by atoms with Gasteiger partial charge in [0.1, 0.15) is 0 Å². The minimum absolute atomic E-state index is 0.169. The lowest BCUT2D eigenvalue weighted by molar-refractivity contribution is 0.0765. The molecule has 2 aromatic rings. The molecule has 1 aromatic heterocycles. The van der Waals surface area contributed by atoms with Gasteiger partial charge >= 0.3 is 0 Å². The number of β-amino-alcohol motifs (C(OH)–C–C–N with tert-alkyl or cyclic N) is 1. The number of carbonyl (C=O) groups is 1. The highest BCUT2D eigenvalue weighted by molar-refractivity contribution is 5.95. The number of piperidine rings is 1. The molecule has 0 bridgehead atoms. The van der Waals surface area contributed by atoms with Crippen molar-refractivity contribution >= 4 is 11.9 Å². The Balaban J connectivity index is 1.80. The van der Waals surface area contributed by atoms with E-state index in [9.17, 15) is 9.90 Å². The quantitative estimate of drug-likeness (QED) is 0.752. The van der Waals surface area contributed by atoms with Crippen LogP contribution in [0.3, 0.4) is 0 Å². The fourth-order valence-corrected chi connectivity index (χ4v) is 3.14. The summed E-state index contributed by atoms with van der Waals surface area (Å²) in [4.78, 5) is 23.5. The van der Waals surface area contributed by atoms with Crippen molar-refractivity contribution in [3.05, 3.63) is 41.1 Å². The SMILES string of the molecule is Cc1nc(N(C)C)nc(-c2ccc(C(=O)N[C@@H]3CCNC[C@H]3O)cc2)c1C. The van der Waals surface area contributed by atoms with Gasteiger partial charge in [0.05, 0.1) is 17.8 Å². The average Bonchev–Trinajstić information content (AvgIpc) is 2.65. The first-order chi connectivity index (χ1) is 12.9. The number of aliphatic hydroxyl groups is 1. The topological polar surface area (TPSA) is 90.4 Å². The van der Waals surface area contributed by atoms with E-state index in [4.69, 9.17) is 0 Å². The van der Waals surface area contributed by atoms with Crippen LogP contribution in [0.2, 0.25) is 0 Å². The third-order valence-corrected chi connectivity index (χ3v) is 4.96. The molecular formula is C20H27N5O2. The molecular weight excluding hydrogens is 342 g/mol. The van der Waals surface area contributed by atoms with E-state index in [-0.39, 0.29) is 11.9 Å². The zero-order chi connectivity index (χ0) is 19.6. The number of hydrogen-bond acceptors (Lipinski definition) is 6. The Morgan fingerprint density at radius 1 is 1.22 bits per heavy atom. The highest BCUT2D eigenvalue weighted by Gasteiger charge is 2.24. The van der Waals surface area contributed by atoms with Crippen LogP contribution in [-0.2, 0) is 0 Å². The van der Waals surface area contributed by atoms with Crippen molar-refractivity contribution in [1.82, 2.24) is 20.6 Å². The van der Waals surface area contributed by atoms with Crippen LogP contribution in [-0.4, -0.2) is 60.3 Å². The molecule has 3 rings (SSSR count).